The second-order valence-electron chi connectivity index (χ2n) is 12.4. The maximum atomic E-state index is 10.3. The summed E-state index contributed by atoms with van der Waals surface area (Å²) in [6, 6.07) is 7.24. The van der Waals surface area contributed by atoms with E-state index in [1.165, 1.54) is 29.5 Å². The summed E-state index contributed by atoms with van der Waals surface area (Å²) in [6.07, 6.45) is 2.64. The molecule has 2 nitrogen and oxygen atoms in total. The van der Waals surface area contributed by atoms with E-state index >= 15 is 0 Å². The van der Waals surface area contributed by atoms with Crippen molar-refractivity contribution in [2.75, 3.05) is 6.61 Å². The van der Waals surface area contributed by atoms with Crippen molar-refractivity contribution < 1.29 is 9.53 Å². The first-order valence-corrected chi connectivity index (χ1v) is 13.8. The Bertz CT molecular complexity index is 758. The summed E-state index contributed by atoms with van der Waals surface area (Å²) in [5, 5.41) is 10.3. The average Bonchev–Trinajstić information content (AvgIpc) is 3.21. The Hall–Kier alpha value is -0.643. The summed E-state index contributed by atoms with van der Waals surface area (Å²) < 4.78 is 6.57. The van der Waals surface area contributed by atoms with Crippen molar-refractivity contribution in [1.82, 2.24) is 0 Å². The fraction of sp³-hybridized carbons (Fsp3) is 0.769. The number of benzene rings is 1. The van der Waals surface area contributed by atoms with E-state index in [1.54, 1.807) is 0 Å². The van der Waals surface area contributed by atoms with E-state index in [0.29, 0.717) is 5.92 Å². The molecule has 3 unspecified atom stereocenters. The SMILES string of the molecule is C[Si](C)OC(C1[C@@H](CO)C1(C)c1ccc2c(c1)C(C)(C)CCC2(C)C)C(C)(C)C. The number of fused-ring (bicyclic) bond motifs is 1. The minimum absolute atomic E-state index is 0.0171. The van der Waals surface area contributed by atoms with Crippen molar-refractivity contribution in [3.63, 3.8) is 0 Å². The highest BCUT2D eigenvalue weighted by molar-refractivity contribution is 6.48. The van der Waals surface area contributed by atoms with Gasteiger partial charge in [-0.1, -0.05) is 73.6 Å². The minimum atomic E-state index is -0.812. The molecule has 0 bridgehead atoms. The molecule has 1 aromatic rings. The molecule has 0 aliphatic heterocycles. The van der Waals surface area contributed by atoms with Gasteiger partial charge in [0, 0.05) is 12.0 Å². The second kappa shape index (κ2) is 7.21. The zero-order chi connectivity index (χ0) is 22.0. The monoisotopic (exact) mass is 415 g/mol. The van der Waals surface area contributed by atoms with Crippen LogP contribution in [0.4, 0.5) is 0 Å². The van der Waals surface area contributed by atoms with Crippen molar-refractivity contribution in [1.29, 1.82) is 0 Å². The summed E-state index contributed by atoms with van der Waals surface area (Å²) in [6.45, 7) is 23.5. The molecule has 2 aliphatic carbocycles. The Morgan fingerprint density at radius 3 is 2.07 bits per heavy atom. The van der Waals surface area contributed by atoms with Crippen LogP contribution < -0.4 is 0 Å². The molecule has 3 rings (SSSR count). The maximum Gasteiger partial charge on any atom is 0.205 e. The molecule has 1 fully saturated rings. The Labute approximate surface area is 181 Å². The molecular formula is C26H43O2Si. The van der Waals surface area contributed by atoms with Crippen LogP contribution in [0.5, 0.6) is 0 Å². The smallest absolute Gasteiger partial charge is 0.205 e. The highest BCUT2D eigenvalue weighted by atomic mass is 28.3. The molecule has 2 aliphatic rings. The number of hydrogen-bond acceptors (Lipinski definition) is 2. The second-order valence-corrected chi connectivity index (χ2v) is 14.5. The van der Waals surface area contributed by atoms with Gasteiger partial charge in [0.1, 0.15) is 0 Å². The van der Waals surface area contributed by atoms with E-state index < -0.39 is 9.04 Å². The van der Waals surface area contributed by atoms with E-state index in [2.05, 4.69) is 86.7 Å². The van der Waals surface area contributed by atoms with Crippen LogP contribution in [0, 0.1) is 17.3 Å². The topological polar surface area (TPSA) is 29.5 Å². The van der Waals surface area contributed by atoms with Crippen molar-refractivity contribution in [2.24, 2.45) is 17.3 Å². The van der Waals surface area contributed by atoms with Gasteiger partial charge < -0.3 is 9.53 Å². The molecule has 4 atom stereocenters. The summed E-state index contributed by atoms with van der Waals surface area (Å²) in [7, 11) is -0.812. The van der Waals surface area contributed by atoms with Crippen LogP contribution in [-0.4, -0.2) is 26.9 Å². The van der Waals surface area contributed by atoms with Gasteiger partial charge in [0.15, 0.2) is 0 Å². The van der Waals surface area contributed by atoms with Crippen LogP contribution in [0.25, 0.3) is 0 Å². The third-order valence-corrected chi connectivity index (χ3v) is 8.73. The third kappa shape index (κ3) is 3.88. The lowest BCUT2D eigenvalue weighted by molar-refractivity contribution is 0.0539. The maximum absolute atomic E-state index is 10.3. The van der Waals surface area contributed by atoms with Crippen LogP contribution in [0.2, 0.25) is 13.1 Å². The van der Waals surface area contributed by atoms with E-state index in [1.807, 2.05) is 0 Å². The predicted octanol–water partition coefficient (Wildman–Crippen LogP) is 6.21. The standard InChI is InChI=1S/C26H43O2Si/c1-23(2,3)22(28-29(9)10)21-20(16-27)26(21,8)17-11-12-18-19(15-17)25(6,7)14-13-24(18,4)5/h11-12,15,20-22,27H,13-14,16H2,1-10H3/t20-,21?,22?,26?/m1/s1. The lowest BCUT2D eigenvalue weighted by atomic mass is 9.62. The summed E-state index contributed by atoms with van der Waals surface area (Å²) >= 11 is 0. The molecule has 1 aromatic carbocycles. The largest absolute Gasteiger partial charge is 0.413 e. The first-order valence-electron chi connectivity index (χ1n) is 11.4. The third-order valence-electron chi connectivity index (χ3n) is 8.00. The molecular weight excluding hydrogens is 372 g/mol. The fourth-order valence-electron chi connectivity index (χ4n) is 5.84. The van der Waals surface area contributed by atoms with Gasteiger partial charge in [-0.25, -0.2) is 0 Å². The Morgan fingerprint density at radius 1 is 1.03 bits per heavy atom. The van der Waals surface area contributed by atoms with Crippen LogP contribution in [0.3, 0.4) is 0 Å². The number of rotatable bonds is 5. The molecule has 1 saturated carbocycles. The van der Waals surface area contributed by atoms with Crippen LogP contribution in [0.15, 0.2) is 18.2 Å². The zero-order valence-corrected chi connectivity index (χ0v) is 21.4. The van der Waals surface area contributed by atoms with Gasteiger partial charge in [-0.3, -0.25) is 0 Å². The first kappa shape index (κ1) is 23.0. The highest BCUT2D eigenvalue weighted by Gasteiger charge is 2.66. The number of aliphatic hydroxyl groups is 1. The van der Waals surface area contributed by atoms with E-state index in [-0.39, 0.29) is 40.3 Å². The van der Waals surface area contributed by atoms with Crippen molar-refractivity contribution in [3.8, 4) is 0 Å². The summed E-state index contributed by atoms with van der Waals surface area (Å²) in [5.41, 5.74) is 4.91. The molecule has 0 amide bonds. The lowest BCUT2D eigenvalue weighted by Crippen LogP contribution is -2.37. The van der Waals surface area contributed by atoms with Gasteiger partial charge in [-0.05, 0) is 70.7 Å². The number of aliphatic hydroxyl groups excluding tert-OH is 1. The molecule has 1 radical (unpaired) electrons. The van der Waals surface area contributed by atoms with Gasteiger partial charge in [-0.15, -0.1) is 0 Å². The van der Waals surface area contributed by atoms with Crippen molar-refractivity contribution in [2.45, 2.75) is 104 Å². The van der Waals surface area contributed by atoms with Gasteiger partial charge in [0.05, 0.1) is 6.10 Å². The van der Waals surface area contributed by atoms with Gasteiger partial charge in [-0.2, -0.15) is 0 Å². The Kier molecular flexibility index (Phi) is 5.72. The Balaban J connectivity index is 2.06. The molecule has 3 heteroatoms. The highest BCUT2D eigenvalue weighted by Crippen LogP contribution is 2.64. The van der Waals surface area contributed by atoms with Crippen molar-refractivity contribution in [3.05, 3.63) is 34.9 Å². The van der Waals surface area contributed by atoms with Crippen LogP contribution in [0.1, 0.15) is 84.9 Å². The van der Waals surface area contributed by atoms with E-state index in [9.17, 15) is 5.11 Å². The van der Waals surface area contributed by atoms with E-state index in [0.717, 1.165) is 0 Å². The lowest BCUT2D eigenvalue weighted by Gasteiger charge is -2.42. The van der Waals surface area contributed by atoms with Gasteiger partial charge in [0.25, 0.3) is 0 Å². The first-order chi connectivity index (χ1) is 13.2. The predicted molar refractivity (Wildman–Crippen MR) is 125 cm³/mol. The summed E-state index contributed by atoms with van der Waals surface area (Å²) in [4.78, 5) is 0. The van der Waals surface area contributed by atoms with Crippen LogP contribution in [-0.2, 0) is 20.7 Å². The van der Waals surface area contributed by atoms with Crippen LogP contribution >= 0.6 is 0 Å². The quantitative estimate of drug-likeness (QED) is 0.579. The normalized spacial score (nSPS) is 31.4. The number of hydrogen-bond donors (Lipinski definition) is 1. The molecule has 0 heterocycles. The molecule has 0 spiro atoms. The molecule has 29 heavy (non-hydrogen) atoms. The van der Waals surface area contributed by atoms with Gasteiger partial charge >= 0.3 is 0 Å². The average molecular weight is 416 g/mol. The van der Waals surface area contributed by atoms with E-state index in [4.69, 9.17) is 4.43 Å². The minimum Gasteiger partial charge on any atom is -0.413 e. The Morgan fingerprint density at radius 2 is 1.59 bits per heavy atom. The molecule has 163 valence electrons. The molecule has 0 aromatic heterocycles. The molecule has 0 saturated heterocycles. The van der Waals surface area contributed by atoms with Gasteiger partial charge in [0.2, 0.25) is 9.04 Å². The zero-order valence-electron chi connectivity index (χ0n) is 20.4. The summed E-state index contributed by atoms with van der Waals surface area (Å²) in [5.74, 6) is 0.635. The molecule has 1 N–H and O–H groups in total. The fourth-order valence-corrected chi connectivity index (χ4v) is 6.85. The van der Waals surface area contributed by atoms with Crippen molar-refractivity contribution >= 4 is 9.04 Å².